The Morgan fingerprint density at radius 2 is 1.68 bits per heavy atom. The van der Waals surface area contributed by atoms with Gasteiger partial charge in [0.25, 0.3) is 0 Å². The zero-order valence-corrected chi connectivity index (χ0v) is 27.0. The Labute approximate surface area is 274 Å². The van der Waals surface area contributed by atoms with Crippen molar-refractivity contribution in [2.75, 3.05) is 27.0 Å². The number of sulfone groups is 1. The number of anilines is 3. The molecule has 1 aliphatic carbocycles. The monoisotopic (exact) mass is 654 g/mol. The number of rotatable bonds is 9. The first-order valence-electron chi connectivity index (χ1n) is 15.8. The van der Waals surface area contributed by atoms with E-state index in [0.29, 0.717) is 42.5 Å². The van der Waals surface area contributed by atoms with E-state index in [9.17, 15) is 18.5 Å². The fourth-order valence-electron chi connectivity index (χ4n) is 6.12. The molecular weight excluding hydrogens is 616 g/mol. The van der Waals surface area contributed by atoms with Gasteiger partial charge in [0.1, 0.15) is 33.1 Å². The molecule has 1 aromatic carbocycles. The average Bonchev–Trinajstić information content (AvgIpc) is 3.53. The topological polar surface area (TPSA) is 171 Å². The summed E-state index contributed by atoms with van der Waals surface area (Å²) in [6.45, 7) is 0.407. The normalized spacial score (nSPS) is 19.3. The highest BCUT2D eigenvalue weighted by atomic mass is 32.2. The summed E-state index contributed by atoms with van der Waals surface area (Å²) < 4.78 is 25.4. The molecule has 0 spiro atoms. The van der Waals surface area contributed by atoms with E-state index in [4.69, 9.17) is 4.98 Å². The third-order valence-electron chi connectivity index (χ3n) is 8.74. The van der Waals surface area contributed by atoms with Crippen molar-refractivity contribution >= 4 is 33.5 Å². The fourth-order valence-corrected chi connectivity index (χ4v) is 7.61. The summed E-state index contributed by atoms with van der Waals surface area (Å²) >= 11 is 0. The lowest BCUT2D eigenvalue weighted by Crippen LogP contribution is -2.49. The highest BCUT2D eigenvalue weighted by Gasteiger charge is 2.31. The number of benzene rings is 1. The van der Waals surface area contributed by atoms with Crippen molar-refractivity contribution in [2.45, 2.75) is 63.2 Å². The molecule has 4 heterocycles. The molecule has 1 aliphatic heterocycles. The lowest BCUT2D eigenvalue weighted by molar-refractivity contribution is 0.240. The Morgan fingerprint density at radius 3 is 2.34 bits per heavy atom. The number of carbonyl (C=O) groups is 1. The van der Waals surface area contributed by atoms with Gasteiger partial charge in [0.15, 0.2) is 0 Å². The van der Waals surface area contributed by atoms with Crippen LogP contribution in [0.1, 0.15) is 49.7 Å². The molecule has 0 atom stereocenters. The number of aryl methyl sites for hydroxylation is 1. The fraction of sp³-hybridized carbons (Fsp3) is 0.394. The zero-order chi connectivity index (χ0) is 32.8. The molecule has 13 nitrogen and oxygen atoms in total. The van der Waals surface area contributed by atoms with Crippen molar-refractivity contribution in [2.24, 2.45) is 7.05 Å². The maximum absolute atomic E-state index is 13.7. The molecular formula is C33H38N10O3S. The SMILES string of the molecule is Cn1cc(-c2ccc(N(C(=O)NCc3ccccc3)[C@H]3CC[C@@H](Nc4ncc(C#N)c(NC5CCS(=O)(=O)CC5)n4)CC3)nc2)cn1. The minimum Gasteiger partial charge on any atom is -0.366 e. The Hall–Kier alpha value is -5.03. The number of nitriles is 1. The Balaban J connectivity index is 1.12. The molecule has 3 aromatic heterocycles. The minimum absolute atomic E-state index is 0.0674. The molecule has 1 saturated heterocycles. The van der Waals surface area contributed by atoms with E-state index in [2.05, 4.69) is 37.1 Å². The van der Waals surface area contributed by atoms with Gasteiger partial charge in [-0.25, -0.2) is 23.2 Å². The number of hydrogen-bond donors (Lipinski definition) is 3. The first kappa shape index (κ1) is 31.9. The summed E-state index contributed by atoms with van der Waals surface area (Å²) in [7, 11) is -1.13. The predicted octanol–water partition coefficient (Wildman–Crippen LogP) is 4.27. The van der Waals surface area contributed by atoms with Crippen LogP contribution in [-0.2, 0) is 23.4 Å². The van der Waals surface area contributed by atoms with Crippen molar-refractivity contribution in [1.29, 1.82) is 5.26 Å². The predicted molar refractivity (Wildman–Crippen MR) is 179 cm³/mol. The number of nitrogens with one attached hydrogen (secondary N) is 3. The van der Waals surface area contributed by atoms with Crippen LogP contribution >= 0.6 is 0 Å². The number of hydrogen-bond acceptors (Lipinski definition) is 10. The van der Waals surface area contributed by atoms with Crippen LogP contribution < -0.4 is 20.9 Å². The van der Waals surface area contributed by atoms with Gasteiger partial charge in [0.2, 0.25) is 5.95 Å². The van der Waals surface area contributed by atoms with Crippen LogP contribution in [-0.4, -0.2) is 68.8 Å². The maximum atomic E-state index is 13.7. The standard InChI is InChI=1S/C33H38N10O3S/c1-42-22-26(21-38-42)24-7-12-30(35-19-24)43(33(44)37-18-23-5-3-2-4-6-23)29-10-8-27(9-11-29)40-32-36-20-25(17-34)31(41-32)39-28-13-15-47(45,46)16-14-28/h2-7,12,19-22,27-29H,8-11,13-16,18H2,1H3,(H,37,44)(H2,36,39,40,41)/t27-,29+. The van der Waals surface area contributed by atoms with Crippen LogP contribution in [0.3, 0.4) is 0 Å². The van der Waals surface area contributed by atoms with Crippen molar-refractivity contribution in [3.05, 3.63) is 78.4 Å². The second-order valence-electron chi connectivity index (χ2n) is 12.1. The number of amides is 2. The van der Waals surface area contributed by atoms with Gasteiger partial charge >= 0.3 is 6.03 Å². The van der Waals surface area contributed by atoms with Gasteiger partial charge in [-0.3, -0.25) is 9.58 Å². The summed E-state index contributed by atoms with van der Waals surface area (Å²) in [6, 6.07) is 15.5. The van der Waals surface area contributed by atoms with E-state index in [-0.39, 0.29) is 35.7 Å². The van der Waals surface area contributed by atoms with E-state index >= 15 is 0 Å². The summed E-state index contributed by atoms with van der Waals surface area (Å²) in [5.41, 5.74) is 3.20. The Bertz CT molecular complexity index is 1820. The molecule has 2 amide bonds. The molecule has 3 N–H and O–H groups in total. The molecule has 0 unspecified atom stereocenters. The van der Waals surface area contributed by atoms with Crippen LogP contribution in [0.2, 0.25) is 0 Å². The number of pyridine rings is 1. The van der Waals surface area contributed by atoms with E-state index < -0.39 is 9.84 Å². The van der Waals surface area contributed by atoms with E-state index in [0.717, 1.165) is 42.4 Å². The third kappa shape index (κ3) is 8.04. The first-order valence-corrected chi connectivity index (χ1v) is 17.6. The molecule has 14 heteroatoms. The summed E-state index contributed by atoms with van der Waals surface area (Å²) in [4.78, 5) is 29.1. The van der Waals surface area contributed by atoms with Gasteiger partial charge in [-0.05, 0) is 56.2 Å². The van der Waals surface area contributed by atoms with Gasteiger partial charge in [-0.2, -0.15) is 15.3 Å². The molecule has 6 rings (SSSR count). The van der Waals surface area contributed by atoms with Crippen molar-refractivity contribution in [1.82, 2.24) is 30.0 Å². The van der Waals surface area contributed by atoms with E-state index in [1.54, 1.807) is 22.0 Å². The smallest absolute Gasteiger partial charge is 0.323 e. The molecule has 1 saturated carbocycles. The quantitative estimate of drug-likeness (QED) is 0.237. The lowest BCUT2D eigenvalue weighted by atomic mass is 9.90. The number of urea groups is 1. The summed E-state index contributed by atoms with van der Waals surface area (Å²) in [5.74, 6) is 1.64. The minimum atomic E-state index is -3.00. The maximum Gasteiger partial charge on any atom is 0.323 e. The highest BCUT2D eigenvalue weighted by Crippen LogP contribution is 2.30. The van der Waals surface area contributed by atoms with Gasteiger partial charge in [0.05, 0.1) is 23.9 Å². The number of carbonyl (C=O) groups excluding carboxylic acids is 1. The van der Waals surface area contributed by atoms with Crippen LogP contribution in [0.15, 0.2) is 67.3 Å². The molecule has 4 aromatic rings. The number of aromatic nitrogens is 5. The van der Waals surface area contributed by atoms with Crippen LogP contribution in [0, 0.1) is 11.3 Å². The van der Waals surface area contributed by atoms with Crippen molar-refractivity contribution in [3.63, 3.8) is 0 Å². The molecule has 0 bridgehead atoms. The summed E-state index contributed by atoms with van der Waals surface area (Å²) in [6.07, 6.45) is 10.9. The van der Waals surface area contributed by atoms with Gasteiger partial charge < -0.3 is 16.0 Å². The van der Waals surface area contributed by atoms with Crippen molar-refractivity contribution in [3.8, 4) is 17.2 Å². The Morgan fingerprint density at radius 1 is 0.936 bits per heavy atom. The zero-order valence-electron chi connectivity index (χ0n) is 26.2. The van der Waals surface area contributed by atoms with Crippen molar-refractivity contribution < 1.29 is 13.2 Å². The second kappa shape index (κ2) is 14.2. The second-order valence-corrected chi connectivity index (χ2v) is 14.4. The first-order chi connectivity index (χ1) is 22.8. The molecule has 47 heavy (non-hydrogen) atoms. The lowest BCUT2D eigenvalue weighted by Gasteiger charge is -2.36. The van der Waals surface area contributed by atoms with Gasteiger partial charge in [-0.15, -0.1) is 0 Å². The summed E-state index contributed by atoms with van der Waals surface area (Å²) in [5, 5.41) is 23.6. The highest BCUT2D eigenvalue weighted by molar-refractivity contribution is 7.91. The average molecular weight is 655 g/mol. The molecule has 244 valence electrons. The molecule has 2 fully saturated rings. The van der Waals surface area contributed by atoms with Crippen LogP contribution in [0.5, 0.6) is 0 Å². The van der Waals surface area contributed by atoms with Gasteiger partial charge in [-0.1, -0.05) is 30.3 Å². The number of nitrogens with zero attached hydrogens (tertiary/aromatic N) is 7. The largest absolute Gasteiger partial charge is 0.366 e. The van der Waals surface area contributed by atoms with Crippen LogP contribution in [0.4, 0.5) is 22.4 Å². The van der Waals surface area contributed by atoms with E-state index in [1.165, 1.54) is 6.20 Å². The van der Waals surface area contributed by atoms with E-state index in [1.807, 2.05) is 55.7 Å². The van der Waals surface area contributed by atoms with Gasteiger partial charge in [0, 0.05) is 55.2 Å². The Kier molecular flexibility index (Phi) is 9.63. The third-order valence-corrected chi connectivity index (χ3v) is 10.5. The van der Waals surface area contributed by atoms with Crippen LogP contribution in [0.25, 0.3) is 11.1 Å². The molecule has 0 radical (unpaired) electrons. The molecule has 2 aliphatic rings.